The van der Waals surface area contributed by atoms with Crippen molar-refractivity contribution in [3.63, 3.8) is 0 Å². The molecule has 2 rings (SSSR count). The molecule has 0 aliphatic rings. The minimum absolute atomic E-state index is 0.291. The molecule has 0 fully saturated rings. The lowest BCUT2D eigenvalue weighted by Crippen LogP contribution is -1.92. The number of benzene rings is 2. The first-order valence-corrected chi connectivity index (χ1v) is 6.28. The standard InChI is InChI=1S/C13H12FNOS/c1-17-11-5-3-10(4-6-11)16-13-7-2-9(14)8-12(13)15/h2-8H,15H2,1H3. The van der Waals surface area contributed by atoms with Crippen LogP contribution in [0.5, 0.6) is 11.5 Å². The van der Waals surface area contributed by atoms with E-state index in [1.54, 1.807) is 11.8 Å². The third-order valence-electron chi connectivity index (χ3n) is 2.26. The van der Waals surface area contributed by atoms with E-state index in [1.807, 2.05) is 30.5 Å². The highest BCUT2D eigenvalue weighted by molar-refractivity contribution is 7.98. The maximum Gasteiger partial charge on any atom is 0.150 e. The molecule has 17 heavy (non-hydrogen) atoms. The summed E-state index contributed by atoms with van der Waals surface area (Å²) in [4.78, 5) is 1.16. The number of hydrogen-bond acceptors (Lipinski definition) is 3. The van der Waals surface area contributed by atoms with Crippen LogP contribution < -0.4 is 10.5 Å². The van der Waals surface area contributed by atoms with Crippen LogP contribution in [0.3, 0.4) is 0 Å². The summed E-state index contributed by atoms with van der Waals surface area (Å²) in [6.07, 6.45) is 2.01. The highest BCUT2D eigenvalue weighted by Crippen LogP contribution is 2.28. The van der Waals surface area contributed by atoms with Crippen molar-refractivity contribution >= 4 is 17.4 Å². The molecular weight excluding hydrogens is 237 g/mol. The molecule has 2 aromatic carbocycles. The van der Waals surface area contributed by atoms with E-state index in [2.05, 4.69) is 0 Å². The number of nitrogen functional groups attached to an aromatic ring is 1. The maximum atomic E-state index is 12.8. The first kappa shape index (κ1) is 11.8. The Bertz CT molecular complexity index is 513. The van der Waals surface area contributed by atoms with E-state index in [9.17, 15) is 4.39 Å². The lowest BCUT2D eigenvalue weighted by molar-refractivity contribution is 0.483. The van der Waals surface area contributed by atoms with E-state index < -0.39 is 0 Å². The van der Waals surface area contributed by atoms with Gasteiger partial charge in [0.25, 0.3) is 0 Å². The topological polar surface area (TPSA) is 35.2 Å². The van der Waals surface area contributed by atoms with E-state index in [4.69, 9.17) is 10.5 Å². The van der Waals surface area contributed by atoms with Gasteiger partial charge in [-0.05, 0) is 42.7 Å². The monoisotopic (exact) mass is 249 g/mol. The van der Waals surface area contributed by atoms with Gasteiger partial charge in [0.2, 0.25) is 0 Å². The molecule has 2 aromatic rings. The number of hydrogen-bond donors (Lipinski definition) is 1. The van der Waals surface area contributed by atoms with Crippen LogP contribution in [0, 0.1) is 5.82 Å². The predicted octanol–water partition coefficient (Wildman–Crippen LogP) is 3.92. The third kappa shape index (κ3) is 2.91. The Kier molecular flexibility index (Phi) is 3.54. The average molecular weight is 249 g/mol. The summed E-state index contributed by atoms with van der Waals surface area (Å²) in [6.45, 7) is 0. The zero-order valence-electron chi connectivity index (χ0n) is 9.31. The van der Waals surface area contributed by atoms with Crippen molar-refractivity contribution in [2.24, 2.45) is 0 Å². The van der Waals surface area contributed by atoms with Gasteiger partial charge < -0.3 is 10.5 Å². The van der Waals surface area contributed by atoms with Crippen LogP contribution in [-0.4, -0.2) is 6.26 Å². The van der Waals surface area contributed by atoms with Crippen molar-refractivity contribution in [1.82, 2.24) is 0 Å². The molecule has 0 saturated heterocycles. The molecule has 0 bridgehead atoms. The molecule has 0 heterocycles. The molecule has 0 aliphatic carbocycles. The van der Waals surface area contributed by atoms with Gasteiger partial charge in [-0.3, -0.25) is 0 Å². The fraction of sp³-hybridized carbons (Fsp3) is 0.0769. The van der Waals surface area contributed by atoms with Crippen molar-refractivity contribution in [1.29, 1.82) is 0 Å². The predicted molar refractivity (Wildman–Crippen MR) is 69.1 cm³/mol. The highest BCUT2D eigenvalue weighted by atomic mass is 32.2. The molecule has 2 N–H and O–H groups in total. The van der Waals surface area contributed by atoms with Crippen LogP contribution in [0.25, 0.3) is 0 Å². The Morgan fingerprint density at radius 2 is 1.82 bits per heavy atom. The van der Waals surface area contributed by atoms with Crippen LogP contribution in [0.2, 0.25) is 0 Å². The van der Waals surface area contributed by atoms with Crippen molar-refractivity contribution in [3.8, 4) is 11.5 Å². The Morgan fingerprint density at radius 3 is 2.41 bits per heavy atom. The molecule has 0 radical (unpaired) electrons. The molecule has 0 aliphatic heterocycles. The molecule has 0 amide bonds. The van der Waals surface area contributed by atoms with Crippen LogP contribution in [0.4, 0.5) is 10.1 Å². The number of ether oxygens (including phenoxy) is 1. The van der Waals surface area contributed by atoms with Gasteiger partial charge in [-0.15, -0.1) is 11.8 Å². The SMILES string of the molecule is CSc1ccc(Oc2ccc(F)cc2N)cc1. The largest absolute Gasteiger partial charge is 0.455 e. The summed E-state index contributed by atoms with van der Waals surface area (Å²) in [5, 5.41) is 0. The summed E-state index contributed by atoms with van der Waals surface area (Å²) < 4.78 is 18.4. The Hall–Kier alpha value is -1.68. The molecule has 0 saturated carbocycles. The van der Waals surface area contributed by atoms with Gasteiger partial charge in [-0.1, -0.05) is 0 Å². The number of anilines is 1. The number of nitrogens with two attached hydrogens (primary N) is 1. The van der Waals surface area contributed by atoms with E-state index in [1.165, 1.54) is 18.2 Å². The van der Waals surface area contributed by atoms with Gasteiger partial charge in [0.1, 0.15) is 11.6 Å². The zero-order valence-corrected chi connectivity index (χ0v) is 10.1. The second kappa shape index (κ2) is 5.10. The van der Waals surface area contributed by atoms with Crippen molar-refractivity contribution < 1.29 is 9.13 Å². The fourth-order valence-corrected chi connectivity index (χ4v) is 1.79. The first-order chi connectivity index (χ1) is 8.19. The lowest BCUT2D eigenvalue weighted by Gasteiger charge is -2.08. The van der Waals surface area contributed by atoms with E-state index >= 15 is 0 Å². The minimum Gasteiger partial charge on any atom is -0.455 e. The van der Waals surface area contributed by atoms with Crippen LogP contribution in [0.1, 0.15) is 0 Å². The lowest BCUT2D eigenvalue weighted by atomic mass is 10.3. The van der Waals surface area contributed by atoms with Crippen LogP contribution >= 0.6 is 11.8 Å². The number of thioether (sulfide) groups is 1. The quantitative estimate of drug-likeness (QED) is 0.661. The zero-order chi connectivity index (χ0) is 12.3. The molecular formula is C13H12FNOS. The van der Waals surface area contributed by atoms with Crippen molar-refractivity contribution in [2.45, 2.75) is 4.90 Å². The molecule has 0 atom stereocenters. The van der Waals surface area contributed by atoms with Crippen molar-refractivity contribution in [3.05, 3.63) is 48.3 Å². The summed E-state index contributed by atoms with van der Waals surface area (Å²) >= 11 is 1.66. The highest BCUT2D eigenvalue weighted by Gasteiger charge is 2.03. The second-order valence-corrected chi connectivity index (χ2v) is 4.34. The normalized spacial score (nSPS) is 10.2. The summed E-state index contributed by atoms with van der Waals surface area (Å²) in [7, 11) is 0. The average Bonchev–Trinajstić information content (AvgIpc) is 2.34. The fourth-order valence-electron chi connectivity index (χ4n) is 1.38. The van der Waals surface area contributed by atoms with Gasteiger partial charge in [0, 0.05) is 11.0 Å². The van der Waals surface area contributed by atoms with Crippen molar-refractivity contribution in [2.75, 3.05) is 12.0 Å². The Balaban J connectivity index is 2.19. The molecule has 2 nitrogen and oxygen atoms in total. The summed E-state index contributed by atoms with van der Waals surface area (Å²) in [5.41, 5.74) is 5.95. The summed E-state index contributed by atoms with van der Waals surface area (Å²) in [6, 6.07) is 11.7. The van der Waals surface area contributed by atoms with Crippen LogP contribution in [0.15, 0.2) is 47.4 Å². The smallest absolute Gasteiger partial charge is 0.150 e. The minimum atomic E-state index is -0.368. The molecule has 88 valence electrons. The molecule has 0 spiro atoms. The second-order valence-electron chi connectivity index (χ2n) is 3.46. The maximum absolute atomic E-state index is 12.8. The molecule has 0 aromatic heterocycles. The number of rotatable bonds is 3. The van der Waals surface area contributed by atoms with Gasteiger partial charge in [-0.25, -0.2) is 4.39 Å². The third-order valence-corrected chi connectivity index (χ3v) is 3.00. The van der Waals surface area contributed by atoms with E-state index in [0.29, 0.717) is 17.2 Å². The Labute approximate surface area is 104 Å². The van der Waals surface area contributed by atoms with E-state index in [-0.39, 0.29) is 5.82 Å². The Morgan fingerprint density at radius 1 is 1.12 bits per heavy atom. The molecule has 0 unspecified atom stereocenters. The van der Waals surface area contributed by atoms with Gasteiger partial charge in [0.15, 0.2) is 5.75 Å². The van der Waals surface area contributed by atoms with Gasteiger partial charge >= 0.3 is 0 Å². The van der Waals surface area contributed by atoms with Gasteiger partial charge in [0.05, 0.1) is 5.69 Å². The number of halogens is 1. The first-order valence-electron chi connectivity index (χ1n) is 5.06. The molecule has 4 heteroatoms. The summed E-state index contributed by atoms with van der Waals surface area (Å²) in [5.74, 6) is 0.775. The van der Waals surface area contributed by atoms with E-state index in [0.717, 1.165) is 4.90 Å². The van der Waals surface area contributed by atoms with Crippen LogP contribution in [-0.2, 0) is 0 Å². The van der Waals surface area contributed by atoms with Gasteiger partial charge in [-0.2, -0.15) is 0 Å².